The molecule has 2 N–H and O–H groups in total. The predicted molar refractivity (Wildman–Crippen MR) is 107 cm³/mol. The smallest absolute Gasteiger partial charge is 0.241 e. The van der Waals surface area contributed by atoms with Gasteiger partial charge < -0.3 is 5.73 Å². The van der Waals surface area contributed by atoms with Crippen LogP contribution in [0.5, 0.6) is 0 Å². The number of carbonyl (C=O) groups is 1. The maximum absolute atomic E-state index is 10.5. The highest BCUT2D eigenvalue weighted by Crippen LogP contribution is 2.14. The van der Waals surface area contributed by atoms with Gasteiger partial charge in [0.05, 0.1) is 0 Å². The number of carbonyl (C=O) groups excluding carboxylic acids is 1. The SMILES string of the molecule is CCCCCCCCCCCCCCCCCCC/C=C/C(N)=O. The van der Waals surface area contributed by atoms with Crippen molar-refractivity contribution in [1.29, 1.82) is 0 Å². The minimum atomic E-state index is -0.332. The second-order valence-electron chi connectivity index (χ2n) is 7.25. The topological polar surface area (TPSA) is 43.1 Å². The molecule has 0 aromatic rings. The highest BCUT2D eigenvalue weighted by molar-refractivity contribution is 5.85. The fourth-order valence-corrected chi connectivity index (χ4v) is 3.19. The number of nitrogens with two attached hydrogens (primary N) is 1. The van der Waals surface area contributed by atoms with Crippen molar-refractivity contribution in [3.8, 4) is 0 Å². The van der Waals surface area contributed by atoms with Crippen LogP contribution in [0.15, 0.2) is 12.2 Å². The molecular weight excluding hydrogens is 294 g/mol. The summed E-state index contributed by atoms with van der Waals surface area (Å²) in [5.74, 6) is -0.332. The van der Waals surface area contributed by atoms with Gasteiger partial charge in [-0.3, -0.25) is 4.79 Å². The third-order valence-electron chi connectivity index (χ3n) is 4.76. The highest BCUT2D eigenvalue weighted by Gasteiger charge is 1.94. The molecule has 0 aliphatic rings. The first kappa shape index (κ1) is 23.2. The fraction of sp³-hybridized carbons (Fsp3) is 0.864. The Morgan fingerprint density at radius 3 is 1.29 bits per heavy atom. The first-order chi connectivity index (χ1) is 11.8. The Labute approximate surface area is 151 Å². The molecule has 0 radical (unpaired) electrons. The average Bonchev–Trinajstić information content (AvgIpc) is 2.56. The monoisotopic (exact) mass is 337 g/mol. The quantitative estimate of drug-likeness (QED) is 0.199. The molecule has 0 rings (SSSR count). The van der Waals surface area contributed by atoms with Crippen molar-refractivity contribution in [2.45, 2.75) is 122 Å². The predicted octanol–water partition coefficient (Wildman–Crippen LogP) is 7.07. The lowest BCUT2D eigenvalue weighted by molar-refractivity contribution is -0.113. The minimum absolute atomic E-state index is 0.332. The van der Waals surface area contributed by atoms with Crippen LogP contribution in [0, 0.1) is 0 Å². The van der Waals surface area contributed by atoms with Gasteiger partial charge in [0.15, 0.2) is 0 Å². The fourth-order valence-electron chi connectivity index (χ4n) is 3.19. The summed E-state index contributed by atoms with van der Waals surface area (Å²) in [6.07, 6.45) is 28.2. The molecule has 2 heteroatoms. The standard InChI is InChI=1S/C22H43NO/c1-2-3-4-5-6-7-8-9-10-11-12-13-14-15-16-17-18-19-20-21-22(23)24/h20-21H,2-19H2,1H3,(H2,23,24)/b21-20+. The maximum Gasteiger partial charge on any atom is 0.241 e. The molecule has 142 valence electrons. The number of hydrogen-bond acceptors (Lipinski definition) is 1. The van der Waals surface area contributed by atoms with Gasteiger partial charge in [-0.05, 0) is 18.9 Å². The Balaban J connectivity index is 3.01. The van der Waals surface area contributed by atoms with Gasteiger partial charge in [0, 0.05) is 0 Å². The molecule has 0 aromatic heterocycles. The zero-order chi connectivity index (χ0) is 17.7. The van der Waals surface area contributed by atoms with Crippen LogP contribution in [0.3, 0.4) is 0 Å². The molecule has 0 atom stereocenters. The molecule has 0 bridgehead atoms. The summed E-state index contributed by atoms with van der Waals surface area (Å²) in [4.78, 5) is 10.5. The van der Waals surface area contributed by atoms with Crippen molar-refractivity contribution in [2.75, 3.05) is 0 Å². The second-order valence-corrected chi connectivity index (χ2v) is 7.25. The number of primary amides is 1. The van der Waals surface area contributed by atoms with Crippen LogP contribution in [0.1, 0.15) is 122 Å². The van der Waals surface area contributed by atoms with Gasteiger partial charge in [0.25, 0.3) is 0 Å². The summed E-state index contributed by atoms with van der Waals surface area (Å²) < 4.78 is 0. The van der Waals surface area contributed by atoms with Crippen LogP contribution in [-0.2, 0) is 4.79 Å². The van der Waals surface area contributed by atoms with E-state index in [1.54, 1.807) is 0 Å². The van der Waals surface area contributed by atoms with E-state index in [2.05, 4.69) is 6.92 Å². The van der Waals surface area contributed by atoms with E-state index < -0.39 is 0 Å². The van der Waals surface area contributed by atoms with Gasteiger partial charge in [-0.1, -0.05) is 116 Å². The molecule has 1 amide bonds. The van der Waals surface area contributed by atoms with Gasteiger partial charge in [-0.2, -0.15) is 0 Å². The molecule has 0 aromatic carbocycles. The Hall–Kier alpha value is -0.790. The number of rotatable bonds is 19. The lowest BCUT2D eigenvalue weighted by atomic mass is 10.0. The summed E-state index contributed by atoms with van der Waals surface area (Å²) in [5, 5.41) is 0. The molecular formula is C22H43NO. The number of hydrogen-bond donors (Lipinski definition) is 1. The van der Waals surface area contributed by atoms with E-state index in [0.717, 1.165) is 6.42 Å². The van der Waals surface area contributed by atoms with Gasteiger partial charge in [0.2, 0.25) is 5.91 Å². The van der Waals surface area contributed by atoms with Crippen molar-refractivity contribution in [3.05, 3.63) is 12.2 Å². The first-order valence-corrected chi connectivity index (χ1v) is 10.7. The summed E-state index contributed by atoms with van der Waals surface area (Å²) in [6.45, 7) is 2.28. The van der Waals surface area contributed by atoms with Crippen molar-refractivity contribution < 1.29 is 4.79 Å². The molecule has 0 fully saturated rings. The molecule has 0 unspecified atom stereocenters. The third-order valence-corrected chi connectivity index (χ3v) is 4.76. The van der Waals surface area contributed by atoms with Crippen LogP contribution >= 0.6 is 0 Å². The van der Waals surface area contributed by atoms with E-state index >= 15 is 0 Å². The molecule has 0 aliphatic carbocycles. The summed E-state index contributed by atoms with van der Waals surface area (Å²) >= 11 is 0. The van der Waals surface area contributed by atoms with Crippen molar-refractivity contribution in [2.24, 2.45) is 5.73 Å². The zero-order valence-corrected chi connectivity index (χ0v) is 16.4. The van der Waals surface area contributed by atoms with Crippen LogP contribution < -0.4 is 5.73 Å². The Bertz CT molecular complexity index is 286. The molecule has 0 spiro atoms. The van der Waals surface area contributed by atoms with Crippen molar-refractivity contribution in [1.82, 2.24) is 0 Å². The van der Waals surface area contributed by atoms with E-state index in [4.69, 9.17) is 5.73 Å². The van der Waals surface area contributed by atoms with Gasteiger partial charge in [-0.15, -0.1) is 0 Å². The van der Waals surface area contributed by atoms with Gasteiger partial charge in [-0.25, -0.2) is 0 Å². The van der Waals surface area contributed by atoms with Crippen LogP contribution in [0.25, 0.3) is 0 Å². The van der Waals surface area contributed by atoms with Crippen molar-refractivity contribution >= 4 is 5.91 Å². The Morgan fingerprint density at radius 2 is 0.958 bits per heavy atom. The van der Waals surface area contributed by atoms with E-state index in [9.17, 15) is 4.79 Å². The molecule has 24 heavy (non-hydrogen) atoms. The van der Waals surface area contributed by atoms with E-state index in [1.807, 2.05) is 6.08 Å². The van der Waals surface area contributed by atoms with Gasteiger partial charge in [0.1, 0.15) is 0 Å². The average molecular weight is 338 g/mol. The molecule has 0 heterocycles. The number of amides is 1. The van der Waals surface area contributed by atoms with Crippen LogP contribution in [0.2, 0.25) is 0 Å². The van der Waals surface area contributed by atoms with E-state index in [-0.39, 0.29) is 5.91 Å². The summed E-state index contributed by atoms with van der Waals surface area (Å²) in [6, 6.07) is 0. The molecule has 0 saturated carbocycles. The van der Waals surface area contributed by atoms with Crippen molar-refractivity contribution in [3.63, 3.8) is 0 Å². The van der Waals surface area contributed by atoms with E-state index in [1.165, 1.54) is 115 Å². The van der Waals surface area contributed by atoms with Gasteiger partial charge >= 0.3 is 0 Å². The number of allylic oxidation sites excluding steroid dienone is 1. The zero-order valence-electron chi connectivity index (χ0n) is 16.4. The Kier molecular flexibility index (Phi) is 19.6. The third kappa shape index (κ3) is 21.2. The number of unbranched alkanes of at least 4 members (excludes halogenated alkanes) is 17. The van der Waals surface area contributed by atoms with E-state index in [0.29, 0.717) is 0 Å². The lowest BCUT2D eigenvalue weighted by Gasteiger charge is -2.03. The molecule has 0 saturated heterocycles. The summed E-state index contributed by atoms with van der Waals surface area (Å²) in [5.41, 5.74) is 5.04. The highest BCUT2D eigenvalue weighted by atomic mass is 16.1. The minimum Gasteiger partial charge on any atom is -0.366 e. The lowest BCUT2D eigenvalue weighted by Crippen LogP contribution is -2.05. The van der Waals surface area contributed by atoms with Crippen LogP contribution in [-0.4, -0.2) is 5.91 Å². The largest absolute Gasteiger partial charge is 0.366 e. The normalized spacial score (nSPS) is 11.4. The first-order valence-electron chi connectivity index (χ1n) is 10.7. The summed E-state index contributed by atoms with van der Waals surface area (Å²) in [7, 11) is 0. The van der Waals surface area contributed by atoms with Crippen LogP contribution in [0.4, 0.5) is 0 Å². The maximum atomic E-state index is 10.5. The Morgan fingerprint density at radius 1 is 0.625 bits per heavy atom. The molecule has 0 aliphatic heterocycles. The molecule has 2 nitrogen and oxygen atoms in total. The second kappa shape index (κ2) is 20.3.